The van der Waals surface area contributed by atoms with Crippen molar-refractivity contribution in [3.63, 3.8) is 0 Å². The summed E-state index contributed by atoms with van der Waals surface area (Å²) < 4.78 is 5.40. The molecule has 0 saturated carbocycles. The van der Waals surface area contributed by atoms with Crippen LogP contribution in [0.1, 0.15) is 33.1 Å². The summed E-state index contributed by atoms with van der Waals surface area (Å²) >= 11 is 0. The van der Waals surface area contributed by atoms with Gasteiger partial charge in [0.15, 0.2) is 0 Å². The Kier molecular flexibility index (Phi) is 5.52. The summed E-state index contributed by atoms with van der Waals surface area (Å²) in [6.45, 7) is 8.12. The van der Waals surface area contributed by atoms with Gasteiger partial charge >= 0.3 is 0 Å². The number of nitrogens with zero attached hydrogens (tertiary/aromatic N) is 3. The predicted octanol–water partition coefficient (Wildman–Crippen LogP) is 0.212. The second kappa shape index (κ2) is 7.19. The molecule has 124 valence electrons. The molecular formula is C15H26N4O3. The van der Waals surface area contributed by atoms with E-state index in [0.29, 0.717) is 25.1 Å². The van der Waals surface area contributed by atoms with Crippen molar-refractivity contribution in [3.8, 4) is 0 Å². The normalized spacial score (nSPS) is 23.0. The lowest BCUT2D eigenvalue weighted by molar-refractivity contribution is -0.130. The maximum absolute atomic E-state index is 12.3. The van der Waals surface area contributed by atoms with E-state index < -0.39 is 0 Å². The molecule has 0 aromatic heterocycles. The zero-order chi connectivity index (χ0) is 16.2. The maximum Gasteiger partial charge on any atom is 0.267 e. The first-order chi connectivity index (χ1) is 10.5. The van der Waals surface area contributed by atoms with Crippen molar-refractivity contribution in [1.29, 1.82) is 0 Å². The Morgan fingerprint density at radius 1 is 1.36 bits per heavy atom. The Bertz CT molecular complexity index is 460. The highest BCUT2D eigenvalue weighted by Gasteiger charge is 2.32. The Morgan fingerprint density at radius 2 is 2.05 bits per heavy atom. The third-order valence-corrected chi connectivity index (χ3v) is 4.64. The van der Waals surface area contributed by atoms with E-state index in [2.05, 4.69) is 29.2 Å². The number of amides is 2. The molecule has 2 aliphatic heterocycles. The Morgan fingerprint density at radius 3 is 2.64 bits per heavy atom. The number of carbonyl (C=O) groups is 2. The Hall–Kier alpha value is -1.47. The van der Waals surface area contributed by atoms with Crippen LogP contribution in [0.5, 0.6) is 0 Å². The van der Waals surface area contributed by atoms with Gasteiger partial charge in [0.25, 0.3) is 5.91 Å². The minimum Gasteiger partial charge on any atom is -0.379 e. The number of hydrazone groups is 1. The highest BCUT2D eigenvalue weighted by Crippen LogP contribution is 2.20. The topological polar surface area (TPSA) is 74.2 Å². The van der Waals surface area contributed by atoms with Crippen LogP contribution in [0.25, 0.3) is 0 Å². The Labute approximate surface area is 131 Å². The van der Waals surface area contributed by atoms with Crippen molar-refractivity contribution in [1.82, 2.24) is 15.2 Å². The molecule has 0 radical (unpaired) electrons. The van der Waals surface area contributed by atoms with Gasteiger partial charge in [0.05, 0.1) is 13.2 Å². The molecule has 1 fully saturated rings. The highest BCUT2D eigenvalue weighted by molar-refractivity contribution is 6.39. The van der Waals surface area contributed by atoms with Crippen LogP contribution in [0.2, 0.25) is 0 Å². The Balaban J connectivity index is 1.93. The van der Waals surface area contributed by atoms with Crippen LogP contribution < -0.4 is 5.32 Å². The van der Waals surface area contributed by atoms with Gasteiger partial charge in [-0.1, -0.05) is 6.92 Å². The zero-order valence-corrected chi connectivity index (χ0v) is 13.7. The number of morpholine rings is 1. The SMILES string of the molecule is CC[C@@](C)(CNC(=O)C1=NN(C)C(=O)CC1)N1CCOCC1. The molecule has 2 aliphatic rings. The largest absolute Gasteiger partial charge is 0.379 e. The van der Waals surface area contributed by atoms with Gasteiger partial charge in [-0.3, -0.25) is 14.5 Å². The van der Waals surface area contributed by atoms with Crippen LogP contribution in [0, 0.1) is 0 Å². The van der Waals surface area contributed by atoms with Crippen molar-refractivity contribution in [2.24, 2.45) is 5.10 Å². The van der Waals surface area contributed by atoms with E-state index in [1.807, 2.05) is 0 Å². The standard InChI is InChI=1S/C15H26N4O3/c1-4-15(2,19-7-9-22-10-8-19)11-16-14(21)12-5-6-13(20)18(3)17-12/h4-11H2,1-3H3,(H,16,21)/t15-/m0/s1. The molecular weight excluding hydrogens is 284 g/mol. The van der Waals surface area contributed by atoms with E-state index in [1.54, 1.807) is 7.05 Å². The van der Waals surface area contributed by atoms with Crippen LogP contribution in [-0.4, -0.2) is 72.9 Å². The van der Waals surface area contributed by atoms with Gasteiger partial charge in [0, 0.05) is 45.1 Å². The van der Waals surface area contributed by atoms with E-state index in [-0.39, 0.29) is 17.4 Å². The minimum atomic E-state index is -0.174. The fraction of sp³-hybridized carbons (Fsp3) is 0.800. The number of ether oxygens (including phenoxy) is 1. The summed E-state index contributed by atoms with van der Waals surface area (Å²) in [6, 6.07) is 0. The summed E-state index contributed by atoms with van der Waals surface area (Å²) in [5.74, 6) is -0.226. The van der Waals surface area contributed by atoms with E-state index in [9.17, 15) is 9.59 Å². The second-order valence-electron chi connectivity index (χ2n) is 6.10. The van der Waals surface area contributed by atoms with Gasteiger partial charge in [-0.25, -0.2) is 5.01 Å². The number of rotatable bonds is 5. The van der Waals surface area contributed by atoms with Gasteiger partial charge in [-0.15, -0.1) is 0 Å². The molecule has 1 saturated heterocycles. The molecule has 7 nitrogen and oxygen atoms in total. The first kappa shape index (κ1) is 16.9. The zero-order valence-electron chi connectivity index (χ0n) is 13.7. The van der Waals surface area contributed by atoms with E-state index >= 15 is 0 Å². The maximum atomic E-state index is 12.3. The molecule has 2 rings (SSSR count). The average Bonchev–Trinajstić information content (AvgIpc) is 2.55. The molecule has 0 aromatic carbocycles. The van der Waals surface area contributed by atoms with E-state index in [1.165, 1.54) is 5.01 Å². The van der Waals surface area contributed by atoms with Gasteiger partial charge in [-0.2, -0.15) is 5.10 Å². The van der Waals surface area contributed by atoms with Crippen molar-refractivity contribution < 1.29 is 14.3 Å². The molecule has 1 atom stereocenters. The lowest BCUT2D eigenvalue weighted by atomic mass is 9.95. The molecule has 0 spiro atoms. The monoisotopic (exact) mass is 310 g/mol. The van der Waals surface area contributed by atoms with E-state index in [0.717, 1.165) is 32.7 Å². The molecule has 7 heteroatoms. The molecule has 0 bridgehead atoms. The van der Waals surface area contributed by atoms with Crippen molar-refractivity contribution in [3.05, 3.63) is 0 Å². The smallest absolute Gasteiger partial charge is 0.267 e. The van der Waals surface area contributed by atoms with Crippen LogP contribution in [0.4, 0.5) is 0 Å². The first-order valence-corrected chi connectivity index (χ1v) is 7.91. The average molecular weight is 310 g/mol. The fourth-order valence-electron chi connectivity index (χ4n) is 2.77. The van der Waals surface area contributed by atoms with Crippen LogP contribution in [0.15, 0.2) is 5.10 Å². The van der Waals surface area contributed by atoms with Crippen LogP contribution in [0.3, 0.4) is 0 Å². The van der Waals surface area contributed by atoms with Crippen molar-refractivity contribution in [2.45, 2.75) is 38.6 Å². The second-order valence-corrected chi connectivity index (χ2v) is 6.10. The molecule has 0 unspecified atom stereocenters. The molecule has 1 N–H and O–H groups in total. The summed E-state index contributed by atoms with van der Waals surface area (Å²) in [5, 5.41) is 8.29. The molecule has 0 aromatic rings. The lowest BCUT2D eigenvalue weighted by Gasteiger charge is -2.43. The number of hydrogen-bond acceptors (Lipinski definition) is 5. The van der Waals surface area contributed by atoms with Gasteiger partial charge in [0.2, 0.25) is 5.91 Å². The third kappa shape index (κ3) is 3.84. The molecule has 2 amide bonds. The predicted molar refractivity (Wildman–Crippen MR) is 83.5 cm³/mol. The summed E-state index contributed by atoms with van der Waals surface area (Å²) in [4.78, 5) is 26.0. The van der Waals surface area contributed by atoms with E-state index in [4.69, 9.17) is 4.74 Å². The quantitative estimate of drug-likeness (QED) is 0.788. The third-order valence-electron chi connectivity index (χ3n) is 4.64. The lowest BCUT2D eigenvalue weighted by Crippen LogP contribution is -2.57. The van der Waals surface area contributed by atoms with Gasteiger partial charge in [-0.05, 0) is 13.3 Å². The summed E-state index contributed by atoms with van der Waals surface area (Å²) in [7, 11) is 1.58. The molecule has 2 heterocycles. The number of nitrogens with one attached hydrogen (secondary N) is 1. The fourth-order valence-corrected chi connectivity index (χ4v) is 2.77. The van der Waals surface area contributed by atoms with Crippen LogP contribution >= 0.6 is 0 Å². The van der Waals surface area contributed by atoms with Gasteiger partial charge in [0.1, 0.15) is 5.71 Å². The summed E-state index contributed by atoms with van der Waals surface area (Å²) in [5.41, 5.74) is 0.346. The first-order valence-electron chi connectivity index (χ1n) is 7.91. The molecule has 0 aliphatic carbocycles. The van der Waals surface area contributed by atoms with Crippen LogP contribution in [-0.2, 0) is 14.3 Å². The highest BCUT2D eigenvalue weighted by atomic mass is 16.5. The minimum absolute atomic E-state index is 0.0525. The van der Waals surface area contributed by atoms with Gasteiger partial charge < -0.3 is 10.1 Å². The van der Waals surface area contributed by atoms with Crippen molar-refractivity contribution >= 4 is 17.5 Å². The van der Waals surface area contributed by atoms with Crippen molar-refractivity contribution in [2.75, 3.05) is 39.9 Å². The summed E-state index contributed by atoms with van der Waals surface area (Å²) in [6.07, 6.45) is 1.70. The number of carbonyl (C=O) groups excluding carboxylic acids is 2. The number of hydrogen-bond donors (Lipinski definition) is 1. The molecule has 22 heavy (non-hydrogen) atoms.